The lowest BCUT2D eigenvalue weighted by molar-refractivity contribution is -0.0177. The number of hydrogen-bond donors (Lipinski definition) is 2. The second-order valence-electron chi connectivity index (χ2n) is 3.85. The SMILES string of the molecule is CC(O)COC(C)CO.CCOC(C)CC. The van der Waals surface area contributed by atoms with Crippen molar-refractivity contribution in [2.75, 3.05) is 19.8 Å². The standard InChI is InChI=1S/C6H14O3.C6H14O/c1-5(8)4-9-6(2)3-7;1-4-6(3)7-5-2/h5-8H,3-4H2,1-2H3;6H,4-5H2,1-3H3. The fourth-order valence-corrected chi connectivity index (χ4v) is 0.759. The Bertz CT molecular complexity index is 128. The van der Waals surface area contributed by atoms with Crippen molar-refractivity contribution in [1.29, 1.82) is 0 Å². The molecule has 2 N–H and O–H groups in total. The molecule has 0 aliphatic rings. The van der Waals surface area contributed by atoms with Crippen molar-refractivity contribution in [1.82, 2.24) is 0 Å². The van der Waals surface area contributed by atoms with Crippen LogP contribution in [0.3, 0.4) is 0 Å². The topological polar surface area (TPSA) is 58.9 Å². The summed E-state index contributed by atoms with van der Waals surface area (Å²) < 4.78 is 10.1. The van der Waals surface area contributed by atoms with Gasteiger partial charge in [-0.2, -0.15) is 0 Å². The van der Waals surface area contributed by atoms with Gasteiger partial charge in [0.15, 0.2) is 0 Å². The summed E-state index contributed by atoms with van der Waals surface area (Å²) in [4.78, 5) is 0. The molecule has 0 spiro atoms. The van der Waals surface area contributed by atoms with Crippen LogP contribution in [0.2, 0.25) is 0 Å². The van der Waals surface area contributed by atoms with Crippen molar-refractivity contribution >= 4 is 0 Å². The first-order chi connectivity index (χ1) is 7.47. The Kier molecular flexibility index (Phi) is 14.7. The summed E-state index contributed by atoms with van der Waals surface area (Å²) in [5, 5.41) is 17.1. The number of hydrogen-bond acceptors (Lipinski definition) is 4. The zero-order valence-electron chi connectivity index (χ0n) is 11.3. The normalized spacial score (nSPS) is 15.9. The molecule has 0 saturated heterocycles. The van der Waals surface area contributed by atoms with E-state index in [2.05, 4.69) is 13.8 Å². The van der Waals surface area contributed by atoms with E-state index in [4.69, 9.17) is 19.7 Å². The third kappa shape index (κ3) is 16.3. The van der Waals surface area contributed by atoms with Crippen molar-refractivity contribution in [2.24, 2.45) is 0 Å². The van der Waals surface area contributed by atoms with Crippen LogP contribution in [0.4, 0.5) is 0 Å². The molecule has 0 radical (unpaired) electrons. The highest BCUT2D eigenvalue weighted by Crippen LogP contribution is 1.93. The van der Waals surface area contributed by atoms with Crippen LogP contribution in [0.15, 0.2) is 0 Å². The highest BCUT2D eigenvalue weighted by Gasteiger charge is 2.00. The molecule has 0 aromatic heterocycles. The summed E-state index contributed by atoms with van der Waals surface area (Å²) >= 11 is 0. The lowest BCUT2D eigenvalue weighted by Crippen LogP contribution is -2.19. The maximum absolute atomic E-state index is 8.69. The Morgan fingerprint density at radius 2 is 1.56 bits per heavy atom. The van der Waals surface area contributed by atoms with Gasteiger partial charge in [0, 0.05) is 6.61 Å². The van der Waals surface area contributed by atoms with Gasteiger partial charge in [0.1, 0.15) is 0 Å². The molecule has 4 nitrogen and oxygen atoms in total. The monoisotopic (exact) mass is 236 g/mol. The quantitative estimate of drug-likeness (QED) is 0.704. The fourth-order valence-electron chi connectivity index (χ4n) is 0.759. The van der Waals surface area contributed by atoms with E-state index >= 15 is 0 Å². The summed E-state index contributed by atoms with van der Waals surface area (Å²) in [6.07, 6.45) is 0.956. The van der Waals surface area contributed by atoms with Gasteiger partial charge in [-0.3, -0.25) is 0 Å². The van der Waals surface area contributed by atoms with Crippen LogP contribution in [0.5, 0.6) is 0 Å². The zero-order valence-corrected chi connectivity index (χ0v) is 11.3. The van der Waals surface area contributed by atoms with E-state index in [9.17, 15) is 0 Å². The Morgan fingerprint density at radius 1 is 1.00 bits per heavy atom. The second-order valence-corrected chi connectivity index (χ2v) is 3.85. The minimum atomic E-state index is -0.445. The van der Waals surface area contributed by atoms with Gasteiger partial charge in [-0.25, -0.2) is 0 Å². The summed E-state index contributed by atoms with van der Waals surface area (Å²) in [6, 6.07) is 0. The molecule has 0 aromatic rings. The molecule has 0 aromatic carbocycles. The molecular formula is C12H28O4. The molecule has 0 heterocycles. The van der Waals surface area contributed by atoms with Crippen molar-refractivity contribution < 1.29 is 19.7 Å². The first-order valence-electron chi connectivity index (χ1n) is 5.99. The summed E-state index contributed by atoms with van der Waals surface area (Å²) in [7, 11) is 0. The molecule has 0 rings (SSSR count). The van der Waals surface area contributed by atoms with Gasteiger partial charge in [0.2, 0.25) is 0 Å². The van der Waals surface area contributed by atoms with Gasteiger partial charge in [0.25, 0.3) is 0 Å². The van der Waals surface area contributed by atoms with E-state index in [1.807, 2.05) is 6.92 Å². The van der Waals surface area contributed by atoms with Crippen LogP contribution in [-0.2, 0) is 9.47 Å². The van der Waals surface area contributed by atoms with Gasteiger partial charge in [-0.15, -0.1) is 0 Å². The molecule has 0 aliphatic carbocycles. The van der Waals surface area contributed by atoms with Crippen molar-refractivity contribution in [3.63, 3.8) is 0 Å². The number of rotatable bonds is 7. The van der Waals surface area contributed by atoms with Crippen LogP contribution in [-0.4, -0.2) is 48.3 Å². The van der Waals surface area contributed by atoms with E-state index in [-0.39, 0.29) is 12.7 Å². The molecule has 16 heavy (non-hydrogen) atoms. The smallest absolute Gasteiger partial charge is 0.0779 e. The Hall–Kier alpha value is -0.160. The van der Waals surface area contributed by atoms with E-state index in [1.54, 1.807) is 13.8 Å². The average molecular weight is 236 g/mol. The van der Waals surface area contributed by atoms with Gasteiger partial charge in [0.05, 0.1) is 31.5 Å². The minimum Gasteiger partial charge on any atom is -0.394 e. The Morgan fingerprint density at radius 3 is 1.81 bits per heavy atom. The summed E-state index contributed by atoms with van der Waals surface area (Å²) in [6.45, 7) is 10.8. The third-order valence-electron chi connectivity index (χ3n) is 1.91. The second kappa shape index (κ2) is 12.9. The largest absolute Gasteiger partial charge is 0.394 e. The van der Waals surface area contributed by atoms with Crippen LogP contribution in [0.25, 0.3) is 0 Å². The van der Waals surface area contributed by atoms with Crippen LogP contribution in [0.1, 0.15) is 41.0 Å². The fraction of sp³-hybridized carbons (Fsp3) is 1.00. The van der Waals surface area contributed by atoms with Gasteiger partial charge in [-0.1, -0.05) is 6.92 Å². The van der Waals surface area contributed by atoms with E-state index in [0.717, 1.165) is 13.0 Å². The predicted octanol–water partition coefficient (Wildman–Crippen LogP) is 1.59. The lowest BCUT2D eigenvalue weighted by atomic mass is 10.3. The summed E-state index contributed by atoms with van der Waals surface area (Å²) in [5.74, 6) is 0. The van der Waals surface area contributed by atoms with E-state index < -0.39 is 6.10 Å². The molecule has 100 valence electrons. The molecular weight excluding hydrogens is 208 g/mol. The highest BCUT2D eigenvalue weighted by atomic mass is 16.5. The maximum Gasteiger partial charge on any atom is 0.0779 e. The molecule has 3 atom stereocenters. The maximum atomic E-state index is 8.69. The van der Waals surface area contributed by atoms with Crippen LogP contribution >= 0.6 is 0 Å². The first kappa shape index (κ1) is 18.2. The highest BCUT2D eigenvalue weighted by molar-refractivity contribution is 4.47. The molecule has 0 bridgehead atoms. The van der Waals surface area contributed by atoms with E-state index in [0.29, 0.717) is 12.7 Å². The number of aliphatic hydroxyl groups is 2. The molecule has 0 aliphatic heterocycles. The molecule has 0 saturated carbocycles. The van der Waals surface area contributed by atoms with Crippen molar-refractivity contribution in [3.05, 3.63) is 0 Å². The number of ether oxygens (including phenoxy) is 2. The molecule has 0 fully saturated rings. The van der Waals surface area contributed by atoms with Crippen molar-refractivity contribution in [3.8, 4) is 0 Å². The van der Waals surface area contributed by atoms with E-state index in [1.165, 1.54) is 0 Å². The van der Waals surface area contributed by atoms with Crippen molar-refractivity contribution in [2.45, 2.75) is 59.4 Å². The first-order valence-corrected chi connectivity index (χ1v) is 5.99. The van der Waals surface area contributed by atoms with Crippen LogP contribution in [0, 0.1) is 0 Å². The third-order valence-corrected chi connectivity index (χ3v) is 1.91. The molecule has 4 heteroatoms. The molecule has 0 amide bonds. The Balaban J connectivity index is 0. The lowest BCUT2D eigenvalue weighted by Gasteiger charge is -2.10. The average Bonchev–Trinajstić information content (AvgIpc) is 2.26. The summed E-state index contributed by atoms with van der Waals surface area (Å²) in [5.41, 5.74) is 0. The molecule has 3 unspecified atom stereocenters. The zero-order chi connectivity index (χ0) is 13.0. The Labute approximate surface area is 99.6 Å². The van der Waals surface area contributed by atoms with Gasteiger partial charge in [-0.05, 0) is 34.1 Å². The van der Waals surface area contributed by atoms with Crippen LogP contribution < -0.4 is 0 Å². The number of aliphatic hydroxyl groups excluding tert-OH is 2. The predicted molar refractivity (Wildman–Crippen MR) is 65.6 cm³/mol. The van der Waals surface area contributed by atoms with Gasteiger partial charge >= 0.3 is 0 Å². The van der Waals surface area contributed by atoms with Gasteiger partial charge < -0.3 is 19.7 Å². The minimum absolute atomic E-state index is 0.00667.